The number of rotatable bonds is 4. The summed E-state index contributed by atoms with van der Waals surface area (Å²) in [5, 5.41) is 7.06. The summed E-state index contributed by atoms with van der Waals surface area (Å²) in [5.41, 5.74) is 0. The van der Waals surface area contributed by atoms with Crippen molar-refractivity contribution in [2.45, 2.75) is 26.3 Å². The Hall–Kier alpha value is -0.710. The van der Waals surface area contributed by atoms with Gasteiger partial charge in [0.15, 0.2) is 5.17 Å². The third-order valence-electron chi connectivity index (χ3n) is 1.98. The highest BCUT2D eigenvalue weighted by atomic mass is 32.2. The lowest BCUT2D eigenvalue weighted by atomic mass is 10.3. The standard InChI is InChI=1S/C9H17N3OS/c1-3-8-6-14-9(12-8)11-5-4-10-7(2)13/h8H,3-6H2,1-2H3,(H,10,13)(H,11,12). The van der Waals surface area contributed by atoms with Crippen LogP contribution < -0.4 is 10.6 Å². The maximum absolute atomic E-state index is 10.6. The highest BCUT2D eigenvalue weighted by molar-refractivity contribution is 8.14. The van der Waals surface area contributed by atoms with Gasteiger partial charge in [0.25, 0.3) is 0 Å². The number of amides is 1. The zero-order valence-corrected chi connectivity index (χ0v) is 9.49. The molecule has 80 valence electrons. The fraction of sp³-hybridized carbons (Fsp3) is 0.778. The van der Waals surface area contributed by atoms with Crippen LogP contribution in [0.5, 0.6) is 0 Å². The molecule has 0 aliphatic carbocycles. The van der Waals surface area contributed by atoms with Crippen LogP contribution in [0, 0.1) is 0 Å². The molecule has 1 unspecified atom stereocenters. The average molecular weight is 215 g/mol. The Labute approximate surface area is 88.9 Å². The Morgan fingerprint density at radius 3 is 3.14 bits per heavy atom. The van der Waals surface area contributed by atoms with Gasteiger partial charge in [0.05, 0.1) is 6.54 Å². The quantitative estimate of drug-likeness (QED) is 0.675. The molecule has 0 aromatic heterocycles. The van der Waals surface area contributed by atoms with Gasteiger partial charge in [-0.25, -0.2) is 0 Å². The van der Waals surface area contributed by atoms with Crippen molar-refractivity contribution in [3.63, 3.8) is 0 Å². The van der Waals surface area contributed by atoms with Crippen molar-refractivity contribution in [1.29, 1.82) is 0 Å². The van der Waals surface area contributed by atoms with Crippen molar-refractivity contribution in [2.75, 3.05) is 18.8 Å². The molecule has 1 aliphatic heterocycles. The van der Waals surface area contributed by atoms with Crippen molar-refractivity contribution >= 4 is 22.8 Å². The van der Waals surface area contributed by atoms with Crippen LogP contribution in [0.25, 0.3) is 0 Å². The number of carbonyl (C=O) groups is 1. The van der Waals surface area contributed by atoms with Gasteiger partial charge in [-0.05, 0) is 6.42 Å². The molecule has 1 fully saturated rings. The monoisotopic (exact) mass is 215 g/mol. The Balaban J connectivity index is 2.16. The summed E-state index contributed by atoms with van der Waals surface area (Å²) >= 11 is 1.76. The number of amidine groups is 1. The van der Waals surface area contributed by atoms with Crippen LogP contribution in [0.4, 0.5) is 0 Å². The van der Waals surface area contributed by atoms with Gasteiger partial charge in [0, 0.05) is 25.3 Å². The SMILES string of the molecule is CCC1CSC(=NCCNC(C)=O)N1. The summed E-state index contributed by atoms with van der Waals surface area (Å²) in [4.78, 5) is 14.9. The molecule has 0 aromatic carbocycles. The number of hydrogen-bond donors (Lipinski definition) is 2. The summed E-state index contributed by atoms with van der Waals surface area (Å²) in [6.07, 6.45) is 1.14. The van der Waals surface area contributed by atoms with E-state index in [1.54, 1.807) is 11.8 Å². The minimum Gasteiger partial charge on any atom is -0.361 e. The van der Waals surface area contributed by atoms with Crippen LogP contribution in [0.15, 0.2) is 4.99 Å². The zero-order valence-electron chi connectivity index (χ0n) is 8.67. The number of carbonyl (C=O) groups excluding carboxylic acids is 1. The van der Waals surface area contributed by atoms with E-state index in [-0.39, 0.29) is 5.91 Å². The Morgan fingerprint density at radius 2 is 2.57 bits per heavy atom. The highest BCUT2D eigenvalue weighted by Gasteiger charge is 2.17. The molecular formula is C9H17N3OS. The first-order valence-corrected chi connectivity index (χ1v) is 5.89. The van der Waals surface area contributed by atoms with E-state index in [1.165, 1.54) is 6.92 Å². The molecule has 1 atom stereocenters. The lowest BCUT2D eigenvalue weighted by Gasteiger charge is -2.04. The summed E-state index contributed by atoms with van der Waals surface area (Å²) < 4.78 is 0. The molecule has 1 amide bonds. The van der Waals surface area contributed by atoms with Gasteiger partial charge < -0.3 is 10.6 Å². The normalized spacial score (nSPS) is 23.6. The van der Waals surface area contributed by atoms with Gasteiger partial charge in [-0.3, -0.25) is 9.79 Å². The summed E-state index contributed by atoms with van der Waals surface area (Å²) in [6, 6.07) is 0.569. The van der Waals surface area contributed by atoms with Gasteiger partial charge in [-0.1, -0.05) is 18.7 Å². The van der Waals surface area contributed by atoms with Crippen LogP contribution >= 0.6 is 11.8 Å². The molecule has 1 rings (SSSR count). The number of hydrogen-bond acceptors (Lipinski definition) is 3. The molecule has 14 heavy (non-hydrogen) atoms. The molecule has 4 nitrogen and oxygen atoms in total. The molecule has 1 heterocycles. The molecule has 0 spiro atoms. The van der Waals surface area contributed by atoms with E-state index in [2.05, 4.69) is 22.5 Å². The molecule has 2 N–H and O–H groups in total. The lowest BCUT2D eigenvalue weighted by molar-refractivity contribution is -0.118. The molecule has 0 radical (unpaired) electrons. The van der Waals surface area contributed by atoms with E-state index in [9.17, 15) is 4.79 Å². The predicted octanol–water partition coefficient (Wildman–Crippen LogP) is 0.594. The lowest BCUT2D eigenvalue weighted by Crippen LogP contribution is -2.27. The van der Waals surface area contributed by atoms with Crippen molar-refractivity contribution in [3.05, 3.63) is 0 Å². The molecule has 1 aliphatic rings. The van der Waals surface area contributed by atoms with Crippen LogP contribution in [-0.4, -0.2) is 36.0 Å². The van der Waals surface area contributed by atoms with Gasteiger partial charge in [0.2, 0.25) is 5.91 Å². The second-order valence-corrected chi connectivity index (χ2v) is 4.24. The van der Waals surface area contributed by atoms with Crippen LogP contribution in [-0.2, 0) is 4.79 Å². The van der Waals surface area contributed by atoms with Crippen LogP contribution in [0.2, 0.25) is 0 Å². The van der Waals surface area contributed by atoms with Crippen LogP contribution in [0.1, 0.15) is 20.3 Å². The Morgan fingerprint density at radius 1 is 1.79 bits per heavy atom. The number of nitrogens with one attached hydrogen (secondary N) is 2. The minimum absolute atomic E-state index is 0.00340. The Bertz CT molecular complexity index is 230. The second-order valence-electron chi connectivity index (χ2n) is 3.23. The Kier molecular flexibility index (Phi) is 4.79. The number of aliphatic imine (C=N–C) groups is 1. The van der Waals surface area contributed by atoms with Crippen molar-refractivity contribution < 1.29 is 4.79 Å². The molecule has 1 saturated heterocycles. The van der Waals surface area contributed by atoms with Crippen molar-refractivity contribution in [1.82, 2.24) is 10.6 Å². The maximum Gasteiger partial charge on any atom is 0.216 e. The molecule has 0 aromatic rings. The van der Waals surface area contributed by atoms with Gasteiger partial charge >= 0.3 is 0 Å². The van der Waals surface area contributed by atoms with E-state index in [0.717, 1.165) is 17.3 Å². The molecular weight excluding hydrogens is 198 g/mol. The van der Waals surface area contributed by atoms with Crippen molar-refractivity contribution in [3.8, 4) is 0 Å². The van der Waals surface area contributed by atoms with Gasteiger partial charge in [-0.2, -0.15) is 0 Å². The van der Waals surface area contributed by atoms with Crippen molar-refractivity contribution in [2.24, 2.45) is 4.99 Å². The first-order valence-electron chi connectivity index (χ1n) is 4.90. The maximum atomic E-state index is 10.6. The van der Waals surface area contributed by atoms with E-state index in [0.29, 0.717) is 19.1 Å². The summed E-state index contributed by atoms with van der Waals surface area (Å²) in [7, 11) is 0. The highest BCUT2D eigenvalue weighted by Crippen LogP contribution is 2.15. The topological polar surface area (TPSA) is 53.5 Å². The summed E-state index contributed by atoms with van der Waals surface area (Å²) in [5.74, 6) is 1.11. The average Bonchev–Trinajstić information content (AvgIpc) is 2.60. The largest absolute Gasteiger partial charge is 0.361 e. The third-order valence-corrected chi connectivity index (χ3v) is 3.07. The molecule has 0 saturated carbocycles. The van der Waals surface area contributed by atoms with E-state index in [1.807, 2.05) is 0 Å². The fourth-order valence-corrected chi connectivity index (χ4v) is 2.25. The first kappa shape index (κ1) is 11.4. The van der Waals surface area contributed by atoms with E-state index >= 15 is 0 Å². The van der Waals surface area contributed by atoms with Gasteiger partial charge in [-0.15, -0.1) is 0 Å². The first-order chi connectivity index (χ1) is 6.72. The summed E-state index contributed by atoms with van der Waals surface area (Å²) in [6.45, 7) is 4.96. The van der Waals surface area contributed by atoms with Crippen LogP contribution in [0.3, 0.4) is 0 Å². The van der Waals surface area contributed by atoms with E-state index < -0.39 is 0 Å². The van der Waals surface area contributed by atoms with E-state index in [4.69, 9.17) is 0 Å². The molecule has 0 bridgehead atoms. The minimum atomic E-state index is 0.00340. The number of thioether (sulfide) groups is 1. The smallest absolute Gasteiger partial charge is 0.216 e. The molecule has 5 heteroatoms. The second kappa shape index (κ2) is 5.90. The predicted molar refractivity (Wildman–Crippen MR) is 60.7 cm³/mol. The zero-order chi connectivity index (χ0) is 10.4. The number of nitrogens with zero attached hydrogens (tertiary/aromatic N) is 1. The fourth-order valence-electron chi connectivity index (χ4n) is 1.14. The third kappa shape index (κ3) is 4.00. The van der Waals surface area contributed by atoms with Gasteiger partial charge in [0.1, 0.15) is 0 Å².